The molecule has 0 radical (unpaired) electrons. The van der Waals surface area contributed by atoms with Crippen LogP contribution in [0.4, 0.5) is 4.79 Å². The van der Waals surface area contributed by atoms with E-state index >= 15 is 0 Å². The molecule has 2 atom stereocenters. The molecule has 0 aromatic heterocycles. The summed E-state index contributed by atoms with van der Waals surface area (Å²) in [6.07, 6.45) is 3.05. The summed E-state index contributed by atoms with van der Waals surface area (Å²) >= 11 is 0. The first-order valence-electron chi connectivity index (χ1n) is 11.9. The van der Waals surface area contributed by atoms with Gasteiger partial charge >= 0.3 is 6.09 Å². The molecule has 0 aromatic carbocycles. The number of amides is 1. The van der Waals surface area contributed by atoms with Gasteiger partial charge in [0.2, 0.25) is 0 Å². The molecule has 0 saturated carbocycles. The van der Waals surface area contributed by atoms with E-state index in [9.17, 15) is 4.79 Å². The summed E-state index contributed by atoms with van der Waals surface area (Å²) in [5, 5.41) is 7.00. The Hall–Kier alpha value is -0.810. The minimum absolute atomic E-state index is 0. The third-order valence-electron chi connectivity index (χ3n) is 5.76. The largest absolute Gasteiger partial charge is 0.444 e. The van der Waals surface area contributed by atoms with Crippen LogP contribution in [0.15, 0.2) is 4.99 Å². The topological polar surface area (TPSA) is 78.4 Å². The third-order valence-corrected chi connectivity index (χ3v) is 5.76. The van der Waals surface area contributed by atoms with Gasteiger partial charge in [0.15, 0.2) is 5.96 Å². The van der Waals surface area contributed by atoms with Crippen molar-refractivity contribution in [2.75, 3.05) is 59.5 Å². The molecule has 2 unspecified atom stereocenters. The first-order valence-corrected chi connectivity index (χ1v) is 11.9. The molecule has 1 amide bonds. The van der Waals surface area contributed by atoms with Crippen LogP contribution in [-0.2, 0) is 9.47 Å². The van der Waals surface area contributed by atoms with Crippen molar-refractivity contribution in [3.63, 3.8) is 0 Å². The molecule has 0 aromatic rings. The van der Waals surface area contributed by atoms with E-state index in [4.69, 9.17) is 9.47 Å². The van der Waals surface area contributed by atoms with Gasteiger partial charge in [-0.2, -0.15) is 0 Å². The molecule has 2 saturated heterocycles. The molecular formula is C23H46IN5O3. The van der Waals surface area contributed by atoms with E-state index in [1.807, 2.05) is 32.7 Å². The van der Waals surface area contributed by atoms with Crippen LogP contribution in [-0.4, -0.2) is 93.0 Å². The maximum atomic E-state index is 12.4. The molecule has 2 aliphatic heterocycles. The quantitative estimate of drug-likeness (QED) is 0.280. The number of aliphatic imine (C=N–C) groups is 1. The Balaban J connectivity index is 0.00000512. The molecule has 2 N–H and O–H groups in total. The van der Waals surface area contributed by atoms with Crippen molar-refractivity contribution in [2.24, 2.45) is 16.8 Å². The first-order chi connectivity index (χ1) is 14.7. The van der Waals surface area contributed by atoms with Crippen LogP contribution in [0.3, 0.4) is 0 Å². The van der Waals surface area contributed by atoms with Crippen LogP contribution < -0.4 is 10.6 Å². The van der Waals surface area contributed by atoms with E-state index in [1.54, 1.807) is 0 Å². The maximum Gasteiger partial charge on any atom is 0.410 e. The van der Waals surface area contributed by atoms with Gasteiger partial charge in [-0.25, -0.2) is 4.79 Å². The van der Waals surface area contributed by atoms with Gasteiger partial charge in [0.1, 0.15) is 5.60 Å². The second-order valence-corrected chi connectivity index (χ2v) is 10.2. The van der Waals surface area contributed by atoms with Gasteiger partial charge in [0, 0.05) is 52.4 Å². The summed E-state index contributed by atoms with van der Waals surface area (Å²) in [4.78, 5) is 21.2. The van der Waals surface area contributed by atoms with Crippen LogP contribution in [0.25, 0.3) is 0 Å². The van der Waals surface area contributed by atoms with Crippen molar-refractivity contribution < 1.29 is 14.3 Å². The molecule has 2 heterocycles. The van der Waals surface area contributed by atoms with Gasteiger partial charge in [-0.05, 0) is 51.9 Å². The van der Waals surface area contributed by atoms with Crippen LogP contribution in [0.2, 0.25) is 0 Å². The van der Waals surface area contributed by atoms with Crippen molar-refractivity contribution in [1.82, 2.24) is 20.4 Å². The lowest BCUT2D eigenvalue weighted by Crippen LogP contribution is -2.52. The number of piperidine rings is 1. The highest BCUT2D eigenvalue weighted by Gasteiger charge is 2.28. The lowest BCUT2D eigenvalue weighted by Gasteiger charge is -2.36. The summed E-state index contributed by atoms with van der Waals surface area (Å²) < 4.78 is 11.1. The number of morpholine rings is 1. The van der Waals surface area contributed by atoms with Crippen LogP contribution >= 0.6 is 24.0 Å². The molecular weight excluding hydrogens is 521 g/mol. The van der Waals surface area contributed by atoms with Crippen molar-refractivity contribution >= 4 is 36.0 Å². The smallest absolute Gasteiger partial charge is 0.410 e. The summed E-state index contributed by atoms with van der Waals surface area (Å²) in [7, 11) is 1.81. The Bertz CT molecular complexity index is 576. The number of rotatable bonds is 7. The van der Waals surface area contributed by atoms with E-state index in [-0.39, 0.29) is 30.1 Å². The number of nitrogens with zero attached hydrogens (tertiary/aromatic N) is 3. The second-order valence-electron chi connectivity index (χ2n) is 10.2. The molecule has 2 rings (SSSR count). The number of guanidine groups is 1. The minimum Gasteiger partial charge on any atom is -0.444 e. The second kappa shape index (κ2) is 14.5. The number of carbonyl (C=O) groups excluding carboxylic acids is 1. The average molecular weight is 568 g/mol. The van der Waals surface area contributed by atoms with Crippen LogP contribution in [0.5, 0.6) is 0 Å². The zero-order valence-electron chi connectivity index (χ0n) is 21.0. The number of nitrogens with one attached hydrogen (secondary N) is 2. The van der Waals surface area contributed by atoms with Crippen molar-refractivity contribution in [2.45, 2.75) is 65.5 Å². The molecule has 9 heteroatoms. The monoisotopic (exact) mass is 567 g/mol. The Morgan fingerprint density at radius 2 is 1.88 bits per heavy atom. The van der Waals surface area contributed by atoms with E-state index in [1.165, 1.54) is 0 Å². The first kappa shape index (κ1) is 29.2. The summed E-state index contributed by atoms with van der Waals surface area (Å²) in [5.74, 6) is 1.87. The standard InChI is InChI=1S/C23H45N5O3.HI/c1-18(2)14-20(27-10-12-30-13-11-27)16-26-21(24-6)25-15-19-8-7-9-28(17-19)22(29)31-23(3,4)5;/h18-20H,7-17H2,1-6H3,(H2,24,25,26);1H. The molecule has 2 aliphatic rings. The number of likely N-dealkylation sites (tertiary alicyclic amines) is 1. The summed E-state index contributed by atoms with van der Waals surface area (Å²) in [6.45, 7) is 17.1. The SMILES string of the molecule is CN=C(NCC1CCCN(C(=O)OC(C)(C)C)C1)NCC(CC(C)C)N1CCOCC1.I. The number of ether oxygens (including phenoxy) is 2. The highest BCUT2D eigenvalue weighted by atomic mass is 127. The molecule has 0 aliphatic carbocycles. The van der Waals surface area contributed by atoms with Gasteiger partial charge in [0.05, 0.1) is 13.2 Å². The average Bonchev–Trinajstić information content (AvgIpc) is 2.72. The molecule has 0 bridgehead atoms. The number of hydrogen-bond donors (Lipinski definition) is 2. The third kappa shape index (κ3) is 10.9. The van der Waals surface area contributed by atoms with Crippen LogP contribution in [0.1, 0.15) is 53.9 Å². The van der Waals surface area contributed by atoms with E-state index in [2.05, 4.69) is 34.4 Å². The van der Waals surface area contributed by atoms with E-state index < -0.39 is 5.60 Å². The highest BCUT2D eigenvalue weighted by Crippen LogP contribution is 2.19. The fourth-order valence-corrected chi connectivity index (χ4v) is 4.25. The van der Waals surface area contributed by atoms with Gasteiger partial charge in [0.25, 0.3) is 0 Å². The number of carbonyl (C=O) groups is 1. The predicted octanol–water partition coefficient (Wildman–Crippen LogP) is 3.16. The van der Waals surface area contributed by atoms with Crippen molar-refractivity contribution in [3.05, 3.63) is 0 Å². The van der Waals surface area contributed by atoms with E-state index in [0.29, 0.717) is 17.9 Å². The maximum absolute atomic E-state index is 12.4. The lowest BCUT2D eigenvalue weighted by molar-refractivity contribution is 0.0132. The van der Waals surface area contributed by atoms with Gasteiger partial charge in [-0.1, -0.05) is 13.8 Å². The highest BCUT2D eigenvalue weighted by molar-refractivity contribution is 14.0. The van der Waals surface area contributed by atoms with E-state index in [0.717, 1.165) is 77.7 Å². The Kier molecular flexibility index (Phi) is 13.2. The molecule has 32 heavy (non-hydrogen) atoms. The summed E-state index contributed by atoms with van der Waals surface area (Å²) in [5.41, 5.74) is -0.457. The Morgan fingerprint density at radius 3 is 2.47 bits per heavy atom. The van der Waals surface area contributed by atoms with Crippen molar-refractivity contribution in [1.29, 1.82) is 0 Å². The Morgan fingerprint density at radius 1 is 1.19 bits per heavy atom. The fourth-order valence-electron chi connectivity index (χ4n) is 4.25. The zero-order valence-corrected chi connectivity index (χ0v) is 23.3. The molecule has 2 fully saturated rings. The molecule has 0 spiro atoms. The molecule has 8 nitrogen and oxygen atoms in total. The van der Waals surface area contributed by atoms with Gasteiger partial charge in [-0.15, -0.1) is 24.0 Å². The van der Waals surface area contributed by atoms with Gasteiger partial charge in [-0.3, -0.25) is 9.89 Å². The van der Waals surface area contributed by atoms with Crippen LogP contribution in [0, 0.1) is 11.8 Å². The Labute approximate surface area is 212 Å². The molecule has 188 valence electrons. The summed E-state index contributed by atoms with van der Waals surface area (Å²) in [6, 6.07) is 0.472. The van der Waals surface area contributed by atoms with Crippen molar-refractivity contribution in [3.8, 4) is 0 Å². The predicted molar refractivity (Wildman–Crippen MR) is 141 cm³/mol. The number of hydrogen-bond acceptors (Lipinski definition) is 5. The normalized spacial score (nSPS) is 21.7. The number of halogens is 1. The minimum atomic E-state index is -0.457. The fraction of sp³-hybridized carbons (Fsp3) is 0.913. The zero-order chi connectivity index (χ0) is 22.9. The van der Waals surface area contributed by atoms with Gasteiger partial charge < -0.3 is 25.0 Å². The lowest BCUT2D eigenvalue weighted by atomic mass is 9.98.